The summed E-state index contributed by atoms with van der Waals surface area (Å²) in [6.45, 7) is 0. The molecule has 5 heteroatoms. The van der Waals surface area contributed by atoms with Crippen molar-refractivity contribution in [3.05, 3.63) is 59.2 Å². The van der Waals surface area contributed by atoms with Gasteiger partial charge in [0.2, 0.25) is 0 Å². The number of aromatic nitrogens is 2. The quantitative estimate of drug-likeness (QED) is 0.789. The lowest BCUT2D eigenvalue weighted by molar-refractivity contribution is 0.0696. The van der Waals surface area contributed by atoms with E-state index in [1.54, 1.807) is 12.5 Å². The first kappa shape index (κ1) is 13.5. The second-order valence-electron chi connectivity index (χ2n) is 5.72. The maximum absolute atomic E-state index is 11.9. The van der Waals surface area contributed by atoms with Gasteiger partial charge >= 0.3 is 5.97 Å². The highest BCUT2D eigenvalue weighted by molar-refractivity contribution is 6.00. The number of nitrogens with zero attached hydrogens (tertiary/aromatic N) is 3. The van der Waals surface area contributed by atoms with E-state index in [1.807, 2.05) is 28.8 Å². The van der Waals surface area contributed by atoms with Crippen LogP contribution in [0.2, 0.25) is 0 Å². The maximum Gasteiger partial charge on any atom is 0.336 e. The number of hydrogen-bond acceptors (Lipinski definition) is 3. The molecule has 2 aromatic heterocycles. The molecule has 0 spiro atoms. The van der Waals surface area contributed by atoms with E-state index < -0.39 is 5.97 Å². The van der Waals surface area contributed by atoms with Gasteiger partial charge in [-0.2, -0.15) is 5.26 Å². The molecule has 4 rings (SSSR count). The molecule has 0 aliphatic heterocycles. The van der Waals surface area contributed by atoms with Crippen LogP contribution in [0.15, 0.2) is 36.9 Å². The first-order valence-corrected chi connectivity index (χ1v) is 7.43. The molecule has 0 saturated carbocycles. The minimum Gasteiger partial charge on any atom is -0.478 e. The third kappa shape index (κ3) is 2.00. The Balaban J connectivity index is 2.07. The fourth-order valence-corrected chi connectivity index (χ4v) is 3.44. The van der Waals surface area contributed by atoms with Gasteiger partial charge in [-0.3, -0.25) is 0 Å². The number of imidazole rings is 1. The van der Waals surface area contributed by atoms with Crippen molar-refractivity contribution in [1.29, 1.82) is 5.26 Å². The number of aryl methyl sites for hydroxylation is 1. The number of pyridine rings is 1. The van der Waals surface area contributed by atoms with Gasteiger partial charge in [-0.25, -0.2) is 9.78 Å². The molecule has 0 radical (unpaired) electrons. The van der Waals surface area contributed by atoms with Crippen LogP contribution >= 0.6 is 0 Å². The largest absolute Gasteiger partial charge is 0.478 e. The maximum atomic E-state index is 11.9. The highest BCUT2D eigenvalue weighted by atomic mass is 16.4. The molecule has 5 nitrogen and oxygen atoms in total. The van der Waals surface area contributed by atoms with Crippen molar-refractivity contribution in [3.63, 3.8) is 0 Å². The molecule has 23 heavy (non-hydrogen) atoms. The van der Waals surface area contributed by atoms with E-state index in [9.17, 15) is 15.2 Å². The molecule has 0 amide bonds. The number of hydrogen-bond donors (Lipinski definition) is 1. The summed E-state index contributed by atoms with van der Waals surface area (Å²) >= 11 is 0. The minimum atomic E-state index is -0.969. The fraction of sp³-hybridized carbons (Fsp3) is 0.167. The molecular weight excluding hydrogens is 290 g/mol. The monoisotopic (exact) mass is 303 g/mol. The molecule has 0 bridgehead atoms. The van der Waals surface area contributed by atoms with Gasteiger partial charge < -0.3 is 9.51 Å². The lowest BCUT2D eigenvalue weighted by Gasteiger charge is -2.14. The average Bonchev–Trinajstić information content (AvgIpc) is 3.20. The van der Waals surface area contributed by atoms with Gasteiger partial charge in [0.15, 0.2) is 0 Å². The van der Waals surface area contributed by atoms with Crippen LogP contribution in [-0.2, 0) is 12.8 Å². The van der Waals surface area contributed by atoms with Crippen LogP contribution in [0.5, 0.6) is 0 Å². The van der Waals surface area contributed by atoms with E-state index in [-0.39, 0.29) is 5.56 Å². The van der Waals surface area contributed by atoms with Crippen LogP contribution < -0.4 is 0 Å². The van der Waals surface area contributed by atoms with Crippen LogP contribution in [0.25, 0.3) is 16.6 Å². The van der Waals surface area contributed by atoms with E-state index in [0.717, 1.165) is 41.5 Å². The molecule has 1 aromatic carbocycles. The van der Waals surface area contributed by atoms with Gasteiger partial charge in [0.25, 0.3) is 0 Å². The van der Waals surface area contributed by atoms with Crippen molar-refractivity contribution in [1.82, 2.24) is 9.38 Å². The zero-order valence-corrected chi connectivity index (χ0v) is 12.3. The van der Waals surface area contributed by atoms with Crippen molar-refractivity contribution in [3.8, 4) is 17.2 Å². The van der Waals surface area contributed by atoms with Crippen LogP contribution in [-0.4, -0.2) is 20.5 Å². The molecule has 0 fully saturated rings. The first-order chi connectivity index (χ1) is 11.2. The molecular formula is C18H13N3O2. The molecule has 1 aliphatic carbocycles. The van der Waals surface area contributed by atoms with E-state index >= 15 is 0 Å². The summed E-state index contributed by atoms with van der Waals surface area (Å²) in [7, 11) is 0. The second kappa shape index (κ2) is 4.96. The summed E-state index contributed by atoms with van der Waals surface area (Å²) in [6.07, 6.45) is 7.76. The molecule has 112 valence electrons. The summed E-state index contributed by atoms with van der Waals surface area (Å²) in [5.74, 6) is -0.969. The Morgan fingerprint density at radius 2 is 2.22 bits per heavy atom. The average molecular weight is 303 g/mol. The number of carboxylic acid groups (broad SMARTS) is 1. The summed E-state index contributed by atoms with van der Waals surface area (Å²) < 4.78 is 1.85. The summed E-state index contributed by atoms with van der Waals surface area (Å²) in [4.78, 5) is 16.0. The molecule has 0 saturated heterocycles. The Morgan fingerprint density at radius 3 is 3.00 bits per heavy atom. The third-order valence-electron chi connectivity index (χ3n) is 4.44. The zero-order valence-electron chi connectivity index (χ0n) is 12.3. The van der Waals surface area contributed by atoms with Gasteiger partial charge in [0, 0.05) is 11.8 Å². The van der Waals surface area contributed by atoms with Gasteiger partial charge in [-0.05, 0) is 54.2 Å². The lowest BCUT2D eigenvalue weighted by atomic mass is 9.89. The fourth-order valence-electron chi connectivity index (χ4n) is 3.44. The van der Waals surface area contributed by atoms with Crippen molar-refractivity contribution >= 4 is 11.5 Å². The second-order valence-corrected chi connectivity index (χ2v) is 5.72. The Morgan fingerprint density at radius 1 is 1.35 bits per heavy atom. The van der Waals surface area contributed by atoms with Gasteiger partial charge in [0.05, 0.1) is 35.2 Å². The van der Waals surface area contributed by atoms with Crippen molar-refractivity contribution < 1.29 is 9.90 Å². The highest BCUT2D eigenvalue weighted by Crippen LogP contribution is 2.36. The molecule has 0 atom stereocenters. The minimum absolute atomic E-state index is 0.278. The Kier molecular flexibility index (Phi) is 2.91. The standard InChI is InChI=1S/C18H13N3O2/c19-8-13-6-11-2-1-3-15(11)17(18(22)23)16(13)12-4-5-21-10-20-9-14(21)7-12/h4-7,9-10H,1-3H2,(H,22,23). The molecule has 2 heterocycles. The Hall–Kier alpha value is -3.13. The van der Waals surface area contributed by atoms with Crippen molar-refractivity contribution in [2.75, 3.05) is 0 Å². The molecule has 3 aromatic rings. The van der Waals surface area contributed by atoms with E-state index in [1.165, 1.54) is 0 Å². The molecule has 1 aliphatic rings. The molecule has 1 N–H and O–H groups in total. The first-order valence-electron chi connectivity index (χ1n) is 7.43. The number of benzene rings is 1. The van der Waals surface area contributed by atoms with E-state index in [2.05, 4.69) is 11.1 Å². The SMILES string of the molecule is N#Cc1cc2c(c(C(=O)O)c1-c1ccn3cncc3c1)CCC2. The number of rotatable bonds is 2. The Labute approximate surface area is 132 Å². The number of nitriles is 1. The normalized spacial score (nSPS) is 13.0. The van der Waals surface area contributed by atoms with Gasteiger partial charge in [0.1, 0.15) is 0 Å². The lowest BCUT2D eigenvalue weighted by Crippen LogP contribution is -2.07. The van der Waals surface area contributed by atoms with Crippen molar-refractivity contribution in [2.45, 2.75) is 19.3 Å². The van der Waals surface area contributed by atoms with Gasteiger partial charge in [-0.15, -0.1) is 0 Å². The van der Waals surface area contributed by atoms with Gasteiger partial charge in [-0.1, -0.05) is 0 Å². The number of fused-ring (bicyclic) bond motifs is 2. The molecule has 0 unspecified atom stereocenters. The van der Waals surface area contributed by atoms with Crippen LogP contribution in [0.1, 0.15) is 33.5 Å². The van der Waals surface area contributed by atoms with E-state index in [4.69, 9.17) is 0 Å². The summed E-state index contributed by atoms with van der Waals surface area (Å²) in [6, 6.07) is 7.73. The predicted octanol–water partition coefficient (Wildman–Crippen LogP) is 3.06. The van der Waals surface area contributed by atoms with Crippen LogP contribution in [0.3, 0.4) is 0 Å². The zero-order chi connectivity index (χ0) is 16.0. The topological polar surface area (TPSA) is 78.4 Å². The number of aromatic carboxylic acids is 1. The summed E-state index contributed by atoms with van der Waals surface area (Å²) in [5.41, 5.74) is 4.69. The Bertz CT molecular complexity index is 995. The third-order valence-corrected chi connectivity index (χ3v) is 4.44. The highest BCUT2D eigenvalue weighted by Gasteiger charge is 2.26. The van der Waals surface area contributed by atoms with Crippen LogP contribution in [0.4, 0.5) is 0 Å². The van der Waals surface area contributed by atoms with Crippen LogP contribution in [0, 0.1) is 11.3 Å². The summed E-state index contributed by atoms with van der Waals surface area (Å²) in [5, 5.41) is 19.3. The van der Waals surface area contributed by atoms with Crippen molar-refractivity contribution in [2.24, 2.45) is 0 Å². The smallest absolute Gasteiger partial charge is 0.336 e. The van der Waals surface area contributed by atoms with E-state index in [0.29, 0.717) is 11.1 Å². The predicted molar refractivity (Wildman–Crippen MR) is 84.3 cm³/mol. The number of carbonyl (C=O) groups is 1. The number of carboxylic acids is 1.